The van der Waals surface area contributed by atoms with Crippen molar-refractivity contribution in [3.63, 3.8) is 0 Å². The SMILES string of the molecule is O=C(CO)[C@H](O)[C@@H](O)CO.O=C[C@H](O)[C@H](O)[C@H](O)COP(=O)(O)O. The molecular formula is C10H21O13P. The van der Waals surface area contributed by atoms with Crippen molar-refractivity contribution in [1.29, 1.82) is 0 Å². The fraction of sp³-hybridized carbons (Fsp3) is 0.800. The molecule has 0 aromatic heterocycles. The van der Waals surface area contributed by atoms with Gasteiger partial charge in [-0.05, 0) is 0 Å². The summed E-state index contributed by atoms with van der Waals surface area (Å²) in [6.07, 6.45) is -8.65. The average molecular weight is 380 g/mol. The second kappa shape index (κ2) is 12.5. The number of aliphatic hydroxyl groups is 7. The molecule has 0 saturated heterocycles. The van der Waals surface area contributed by atoms with Gasteiger partial charge >= 0.3 is 7.82 Å². The van der Waals surface area contributed by atoms with Crippen molar-refractivity contribution in [1.82, 2.24) is 0 Å². The van der Waals surface area contributed by atoms with Crippen LogP contribution in [-0.4, -0.2) is 108 Å². The molecule has 0 amide bonds. The molecule has 0 aliphatic heterocycles. The van der Waals surface area contributed by atoms with Gasteiger partial charge in [0.05, 0.1) is 13.2 Å². The van der Waals surface area contributed by atoms with Crippen molar-refractivity contribution in [2.24, 2.45) is 0 Å². The zero-order chi connectivity index (χ0) is 19.5. The van der Waals surface area contributed by atoms with E-state index in [4.69, 9.17) is 45.5 Å². The molecule has 0 aliphatic rings. The molecule has 0 unspecified atom stereocenters. The Morgan fingerprint density at radius 1 is 1.04 bits per heavy atom. The topological polar surface area (TPSA) is 243 Å². The minimum Gasteiger partial charge on any atom is -0.394 e. The van der Waals surface area contributed by atoms with Gasteiger partial charge < -0.3 is 50.3 Å². The summed E-state index contributed by atoms with van der Waals surface area (Å²) in [5.74, 6) is -0.901. The van der Waals surface area contributed by atoms with Gasteiger partial charge in [0.15, 0.2) is 12.1 Å². The predicted octanol–water partition coefficient (Wildman–Crippen LogP) is -5.36. The van der Waals surface area contributed by atoms with E-state index in [0.717, 1.165) is 0 Å². The molecule has 0 heterocycles. The quantitative estimate of drug-likeness (QED) is 0.127. The third-order valence-corrected chi connectivity index (χ3v) is 2.82. The van der Waals surface area contributed by atoms with Gasteiger partial charge in [0.2, 0.25) is 0 Å². The zero-order valence-corrected chi connectivity index (χ0v) is 13.1. The number of ketones is 1. The smallest absolute Gasteiger partial charge is 0.394 e. The summed E-state index contributed by atoms with van der Waals surface area (Å²) in [4.78, 5) is 36.7. The lowest BCUT2D eigenvalue weighted by molar-refractivity contribution is -0.137. The summed E-state index contributed by atoms with van der Waals surface area (Å²) in [6, 6.07) is 0. The van der Waals surface area contributed by atoms with E-state index in [1.165, 1.54) is 0 Å². The number of phosphoric ester groups is 1. The maximum absolute atomic E-state index is 10.3. The first-order valence-corrected chi connectivity index (χ1v) is 7.74. The molecule has 13 nitrogen and oxygen atoms in total. The van der Waals surface area contributed by atoms with Crippen LogP contribution in [0, 0.1) is 0 Å². The van der Waals surface area contributed by atoms with Crippen LogP contribution in [0.3, 0.4) is 0 Å². The van der Waals surface area contributed by atoms with Crippen LogP contribution in [0.15, 0.2) is 0 Å². The Labute approximate surface area is 135 Å². The van der Waals surface area contributed by atoms with Crippen LogP contribution in [0.5, 0.6) is 0 Å². The summed E-state index contributed by atoms with van der Waals surface area (Å²) in [6.45, 7) is -2.43. The standard InChI is InChI=1S/C5H11O8P.C5H10O5/c6-1-3(7)5(9)4(8)2-13-14(10,11)12;6-1-3(8)5(10)4(9)2-7/h1,3-5,7-9H,2H2,(H2,10,11,12);3,5-8,10H,1-2H2/t3-,4+,5-;3-,5+/m00/s1. The number of carbonyl (C=O) groups excluding carboxylic acids is 2. The van der Waals surface area contributed by atoms with E-state index in [1.54, 1.807) is 0 Å². The molecule has 0 rings (SSSR count). The molecule has 0 spiro atoms. The van der Waals surface area contributed by atoms with Gasteiger partial charge in [-0.3, -0.25) is 9.32 Å². The molecule has 0 aromatic rings. The van der Waals surface area contributed by atoms with Crippen LogP contribution in [0.1, 0.15) is 0 Å². The molecule has 0 aromatic carbocycles. The van der Waals surface area contributed by atoms with Gasteiger partial charge in [0, 0.05) is 0 Å². The molecule has 144 valence electrons. The first kappa shape index (κ1) is 25.4. The van der Waals surface area contributed by atoms with Crippen LogP contribution in [0.25, 0.3) is 0 Å². The first-order valence-electron chi connectivity index (χ1n) is 6.21. The van der Waals surface area contributed by atoms with E-state index in [9.17, 15) is 14.2 Å². The Kier molecular flexibility index (Phi) is 13.3. The molecule has 14 heteroatoms. The highest BCUT2D eigenvalue weighted by Crippen LogP contribution is 2.35. The Balaban J connectivity index is 0. The van der Waals surface area contributed by atoms with Gasteiger partial charge in [-0.25, -0.2) is 4.57 Å². The minimum absolute atomic E-state index is 0.0225. The van der Waals surface area contributed by atoms with E-state index in [1.807, 2.05) is 0 Å². The number of rotatable bonds is 10. The predicted molar refractivity (Wildman–Crippen MR) is 73.3 cm³/mol. The second-order valence-electron chi connectivity index (χ2n) is 4.29. The van der Waals surface area contributed by atoms with Gasteiger partial charge in [-0.15, -0.1) is 0 Å². The number of aldehydes is 1. The van der Waals surface area contributed by atoms with Gasteiger partial charge in [0.1, 0.15) is 37.1 Å². The summed E-state index contributed by atoms with van der Waals surface area (Å²) < 4.78 is 14.0. The summed E-state index contributed by atoms with van der Waals surface area (Å²) >= 11 is 0. The van der Waals surface area contributed by atoms with E-state index < -0.39 is 63.9 Å². The number of hydrogen-bond acceptors (Lipinski definition) is 11. The van der Waals surface area contributed by atoms with E-state index in [2.05, 4.69) is 4.52 Å². The second-order valence-corrected chi connectivity index (χ2v) is 5.53. The van der Waals surface area contributed by atoms with Gasteiger partial charge in [-0.1, -0.05) is 0 Å². The van der Waals surface area contributed by atoms with Crippen molar-refractivity contribution in [3.05, 3.63) is 0 Å². The Morgan fingerprint density at radius 3 is 1.88 bits per heavy atom. The van der Waals surface area contributed by atoms with Crippen molar-refractivity contribution in [3.8, 4) is 0 Å². The molecule has 0 saturated carbocycles. The van der Waals surface area contributed by atoms with E-state index in [0.29, 0.717) is 0 Å². The highest BCUT2D eigenvalue weighted by molar-refractivity contribution is 7.46. The molecule has 0 radical (unpaired) electrons. The monoisotopic (exact) mass is 380 g/mol. The highest BCUT2D eigenvalue weighted by atomic mass is 31.2. The van der Waals surface area contributed by atoms with Crippen molar-refractivity contribution < 1.29 is 64.2 Å². The summed E-state index contributed by atoms with van der Waals surface area (Å²) in [5, 5.41) is 60.2. The third-order valence-electron chi connectivity index (χ3n) is 2.33. The Bertz CT molecular complexity index is 410. The fourth-order valence-corrected chi connectivity index (χ4v) is 1.34. The lowest BCUT2D eigenvalue weighted by Crippen LogP contribution is -2.40. The molecular weight excluding hydrogens is 359 g/mol. The number of aliphatic hydroxyl groups excluding tert-OH is 7. The Hall–Kier alpha value is -0.830. The summed E-state index contributed by atoms with van der Waals surface area (Å²) in [7, 11) is -4.74. The fourth-order valence-electron chi connectivity index (χ4n) is 0.988. The van der Waals surface area contributed by atoms with Crippen LogP contribution >= 0.6 is 7.82 Å². The van der Waals surface area contributed by atoms with Crippen LogP contribution in [0.2, 0.25) is 0 Å². The minimum atomic E-state index is -4.74. The molecule has 0 bridgehead atoms. The zero-order valence-electron chi connectivity index (χ0n) is 12.2. The van der Waals surface area contributed by atoms with Crippen molar-refractivity contribution >= 4 is 19.9 Å². The highest BCUT2D eigenvalue weighted by Gasteiger charge is 2.27. The first-order chi connectivity index (χ1) is 10.9. The normalized spacial score (nSPS) is 17.7. The largest absolute Gasteiger partial charge is 0.469 e. The molecule has 0 aliphatic carbocycles. The van der Waals surface area contributed by atoms with Crippen molar-refractivity contribution in [2.75, 3.05) is 19.8 Å². The lowest BCUT2D eigenvalue weighted by atomic mass is 10.1. The van der Waals surface area contributed by atoms with Gasteiger partial charge in [0.25, 0.3) is 0 Å². The third kappa shape index (κ3) is 11.7. The van der Waals surface area contributed by atoms with E-state index in [-0.39, 0.29) is 6.29 Å². The molecule has 0 fully saturated rings. The van der Waals surface area contributed by atoms with Crippen LogP contribution < -0.4 is 0 Å². The van der Waals surface area contributed by atoms with E-state index >= 15 is 0 Å². The number of hydrogen-bond donors (Lipinski definition) is 9. The Morgan fingerprint density at radius 2 is 1.54 bits per heavy atom. The maximum Gasteiger partial charge on any atom is 0.469 e. The van der Waals surface area contributed by atoms with Crippen molar-refractivity contribution in [2.45, 2.75) is 30.5 Å². The number of phosphoric acid groups is 1. The molecule has 24 heavy (non-hydrogen) atoms. The molecule has 9 N–H and O–H groups in total. The van der Waals surface area contributed by atoms with Crippen LogP contribution in [0.4, 0.5) is 0 Å². The lowest BCUT2D eigenvalue weighted by Gasteiger charge is -2.19. The summed E-state index contributed by atoms with van der Waals surface area (Å²) in [5.41, 5.74) is 0. The average Bonchev–Trinajstić information content (AvgIpc) is 2.55. The molecule has 5 atom stereocenters. The number of carbonyl (C=O) groups is 2. The maximum atomic E-state index is 10.3. The van der Waals surface area contributed by atoms with Crippen LogP contribution in [-0.2, 0) is 18.7 Å². The number of Topliss-reactive ketones (excluding diaryl/α,β-unsaturated/α-hetero) is 1. The van der Waals surface area contributed by atoms with Gasteiger partial charge in [-0.2, -0.15) is 0 Å².